The lowest BCUT2D eigenvalue weighted by molar-refractivity contribution is -0.127. The molecule has 0 bridgehead atoms. The maximum absolute atomic E-state index is 12.2. The van der Waals surface area contributed by atoms with Crippen LogP contribution in [0.4, 0.5) is 5.82 Å². The van der Waals surface area contributed by atoms with Gasteiger partial charge in [-0.3, -0.25) is 14.0 Å². The number of hydrogen-bond donors (Lipinski definition) is 2. The largest absolute Gasteiger partial charge is 0.367 e. The smallest absolute Gasteiger partial charge is 0.251 e. The minimum Gasteiger partial charge on any atom is -0.367 e. The van der Waals surface area contributed by atoms with E-state index in [0.29, 0.717) is 18.0 Å². The Hall–Kier alpha value is -3.42. The topological polar surface area (TPSA) is 91.6 Å². The van der Waals surface area contributed by atoms with Crippen molar-refractivity contribution >= 4 is 23.3 Å². The lowest BCUT2D eigenvalue weighted by Crippen LogP contribution is -2.27. The van der Waals surface area contributed by atoms with Gasteiger partial charge in [-0.15, -0.1) is 0 Å². The van der Waals surface area contributed by atoms with Gasteiger partial charge in [0.05, 0.1) is 11.9 Å². The minimum absolute atomic E-state index is 0.0153. The van der Waals surface area contributed by atoms with Crippen molar-refractivity contribution in [2.45, 2.75) is 38.1 Å². The van der Waals surface area contributed by atoms with Gasteiger partial charge in [-0.2, -0.15) is 0 Å². The van der Waals surface area contributed by atoms with E-state index in [1.807, 2.05) is 46.0 Å². The fourth-order valence-electron chi connectivity index (χ4n) is 3.96. The molecule has 0 unspecified atom stereocenters. The van der Waals surface area contributed by atoms with Crippen molar-refractivity contribution in [3.63, 3.8) is 0 Å². The van der Waals surface area contributed by atoms with E-state index in [1.165, 1.54) is 0 Å². The highest BCUT2D eigenvalue weighted by Crippen LogP contribution is 2.24. The van der Waals surface area contributed by atoms with Crippen LogP contribution in [0.1, 0.15) is 42.5 Å². The summed E-state index contributed by atoms with van der Waals surface area (Å²) in [4.78, 5) is 34.9. The maximum Gasteiger partial charge on any atom is 0.251 e. The van der Waals surface area contributed by atoms with Crippen LogP contribution in [0.5, 0.6) is 0 Å². The van der Waals surface area contributed by atoms with Crippen LogP contribution in [-0.2, 0) is 4.79 Å². The highest BCUT2D eigenvalue weighted by atomic mass is 16.2. The van der Waals surface area contributed by atoms with Gasteiger partial charge >= 0.3 is 0 Å². The maximum atomic E-state index is 12.2. The standard InChI is InChI=1S/C23H26N6O2/c30-20-3-1-12-28(20)13-2-10-24-21-22-26-15-19(29(22)14-11-25-21)16-4-6-17(7-5-16)23(31)27-18-8-9-18/h4-7,11,14-15,18H,1-3,8-10,12-13H2,(H,24,25)(H,27,31). The summed E-state index contributed by atoms with van der Waals surface area (Å²) in [7, 11) is 0. The lowest BCUT2D eigenvalue weighted by Gasteiger charge is -2.15. The molecule has 8 nitrogen and oxygen atoms in total. The van der Waals surface area contributed by atoms with Gasteiger partial charge in [-0.05, 0) is 37.8 Å². The molecule has 3 aromatic rings. The normalized spacial score (nSPS) is 16.1. The molecule has 31 heavy (non-hydrogen) atoms. The number of benzene rings is 1. The van der Waals surface area contributed by atoms with Crippen LogP contribution in [0.25, 0.3) is 16.9 Å². The number of hydrogen-bond acceptors (Lipinski definition) is 5. The third kappa shape index (κ3) is 4.23. The summed E-state index contributed by atoms with van der Waals surface area (Å²) >= 11 is 0. The molecule has 2 fully saturated rings. The van der Waals surface area contributed by atoms with Crippen molar-refractivity contribution in [1.82, 2.24) is 24.6 Å². The Morgan fingerprint density at radius 2 is 2.00 bits per heavy atom. The number of carbonyl (C=O) groups is 2. The Balaban J connectivity index is 1.26. The highest BCUT2D eigenvalue weighted by molar-refractivity contribution is 5.95. The molecule has 2 amide bonds. The predicted octanol–water partition coefficient (Wildman–Crippen LogP) is 2.71. The van der Waals surface area contributed by atoms with Crippen molar-refractivity contribution in [3.05, 3.63) is 48.4 Å². The van der Waals surface area contributed by atoms with Crippen LogP contribution in [0.15, 0.2) is 42.9 Å². The van der Waals surface area contributed by atoms with E-state index >= 15 is 0 Å². The zero-order valence-electron chi connectivity index (χ0n) is 17.4. The number of imidazole rings is 1. The molecule has 2 aliphatic rings. The second-order valence-corrected chi connectivity index (χ2v) is 8.20. The number of rotatable bonds is 8. The van der Waals surface area contributed by atoms with Crippen molar-refractivity contribution in [3.8, 4) is 11.3 Å². The van der Waals surface area contributed by atoms with Crippen molar-refractivity contribution in [1.29, 1.82) is 0 Å². The van der Waals surface area contributed by atoms with Crippen LogP contribution < -0.4 is 10.6 Å². The first-order valence-corrected chi connectivity index (χ1v) is 10.9. The van der Waals surface area contributed by atoms with E-state index in [0.717, 1.165) is 68.0 Å². The predicted molar refractivity (Wildman–Crippen MR) is 118 cm³/mol. The van der Waals surface area contributed by atoms with E-state index in [1.54, 1.807) is 6.20 Å². The number of fused-ring (bicyclic) bond motifs is 1. The second kappa shape index (κ2) is 8.37. The fourth-order valence-corrected chi connectivity index (χ4v) is 3.96. The molecule has 2 aromatic heterocycles. The first-order chi connectivity index (χ1) is 15.2. The molecule has 8 heteroatoms. The summed E-state index contributed by atoms with van der Waals surface area (Å²) in [6, 6.07) is 7.96. The van der Waals surface area contributed by atoms with Crippen LogP contribution in [-0.4, -0.2) is 56.8 Å². The highest BCUT2D eigenvalue weighted by Gasteiger charge is 2.23. The molecule has 160 valence electrons. The number of likely N-dealkylation sites (tertiary alicyclic amines) is 1. The molecule has 1 saturated heterocycles. The lowest BCUT2D eigenvalue weighted by atomic mass is 10.1. The molecule has 0 atom stereocenters. The summed E-state index contributed by atoms with van der Waals surface area (Å²) in [6.07, 6.45) is 10.1. The van der Waals surface area contributed by atoms with Gasteiger partial charge < -0.3 is 15.5 Å². The number of nitrogens with one attached hydrogen (secondary N) is 2. The summed E-state index contributed by atoms with van der Waals surface area (Å²) in [5.74, 6) is 0.967. The van der Waals surface area contributed by atoms with Gasteiger partial charge in [-0.25, -0.2) is 9.97 Å². The van der Waals surface area contributed by atoms with Gasteiger partial charge in [0, 0.05) is 55.6 Å². The Labute approximate surface area is 180 Å². The van der Waals surface area contributed by atoms with E-state index in [9.17, 15) is 9.59 Å². The Kier molecular flexibility index (Phi) is 5.28. The number of nitrogens with zero attached hydrogens (tertiary/aromatic N) is 4. The van der Waals surface area contributed by atoms with E-state index in [2.05, 4.69) is 20.6 Å². The average molecular weight is 419 g/mol. The number of carbonyl (C=O) groups excluding carboxylic acids is 2. The van der Waals surface area contributed by atoms with Gasteiger partial charge in [0.1, 0.15) is 0 Å². The molecule has 2 N–H and O–H groups in total. The monoisotopic (exact) mass is 418 g/mol. The van der Waals surface area contributed by atoms with E-state index < -0.39 is 0 Å². The molecule has 3 heterocycles. The molecule has 1 aliphatic carbocycles. The zero-order chi connectivity index (χ0) is 21.2. The summed E-state index contributed by atoms with van der Waals surface area (Å²) in [6.45, 7) is 2.37. The van der Waals surface area contributed by atoms with Crippen LogP contribution in [0, 0.1) is 0 Å². The van der Waals surface area contributed by atoms with Gasteiger partial charge in [0.15, 0.2) is 11.5 Å². The molecular formula is C23H26N6O2. The molecule has 0 spiro atoms. The Morgan fingerprint density at radius 3 is 2.74 bits per heavy atom. The summed E-state index contributed by atoms with van der Waals surface area (Å²) in [5, 5.41) is 6.37. The number of aromatic nitrogens is 3. The SMILES string of the molecule is O=C(NC1CC1)c1ccc(-c2cnc3c(NCCCN4CCCC4=O)nccn23)cc1. The average Bonchev–Trinajstić information content (AvgIpc) is 3.34. The van der Waals surface area contributed by atoms with Crippen LogP contribution in [0.2, 0.25) is 0 Å². The summed E-state index contributed by atoms with van der Waals surface area (Å²) in [5.41, 5.74) is 3.35. The van der Waals surface area contributed by atoms with Gasteiger partial charge in [0.2, 0.25) is 5.91 Å². The fraction of sp³-hybridized carbons (Fsp3) is 0.391. The van der Waals surface area contributed by atoms with Gasteiger partial charge in [0.25, 0.3) is 5.91 Å². The second-order valence-electron chi connectivity index (χ2n) is 8.20. The first kappa shape index (κ1) is 19.5. The molecule has 5 rings (SSSR count). The third-order valence-corrected chi connectivity index (χ3v) is 5.85. The summed E-state index contributed by atoms with van der Waals surface area (Å²) < 4.78 is 2.00. The molecule has 1 saturated carbocycles. The Bertz CT molecular complexity index is 1100. The minimum atomic E-state index is -0.0153. The Morgan fingerprint density at radius 1 is 1.16 bits per heavy atom. The van der Waals surface area contributed by atoms with Gasteiger partial charge in [-0.1, -0.05) is 12.1 Å². The molecule has 0 radical (unpaired) electrons. The van der Waals surface area contributed by atoms with Crippen LogP contribution in [0.3, 0.4) is 0 Å². The number of anilines is 1. The molecule has 1 aromatic carbocycles. The van der Waals surface area contributed by atoms with Crippen molar-refractivity contribution < 1.29 is 9.59 Å². The molecular weight excluding hydrogens is 392 g/mol. The first-order valence-electron chi connectivity index (χ1n) is 10.9. The third-order valence-electron chi connectivity index (χ3n) is 5.85. The van der Waals surface area contributed by atoms with E-state index in [-0.39, 0.29) is 11.8 Å². The number of amides is 2. The zero-order valence-corrected chi connectivity index (χ0v) is 17.4. The van der Waals surface area contributed by atoms with E-state index in [4.69, 9.17) is 0 Å². The quantitative estimate of drug-likeness (QED) is 0.549. The van der Waals surface area contributed by atoms with Crippen LogP contribution >= 0.6 is 0 Å². The van der Waals surface area contributed by atoms with Crippen molar-refractivity contribution in [2.24, 2.45) is 0 Å². The molecule has 1 aliphatic heterocycles. The van der Waals surface area contributed by atoms with Crippen molar-refractivity contribution in [2.75, 3.05) is 25.0 Å².